The minimum Gasteiger partial charge on any atom is -0.452 e. The molecule has 0 bridgehead atoms. The van der Waals surface area contributed by atoms with Gasteiger partial charge in [-0.05, 0) is 13.8 Å². The topological polar surface area (TPSA) is 113 Å². The van der Waals surface area contributed by atoms with E-state index >= 15 is 0 Å². The van der Waals surface area contributed by atoms with Gasteiger partial charge < -0.3 is 18.2 Å². The molecule has 0 spiro atoms. The molecule has 0 fully saturated rings. The van der Waals surface area contributed by atoms with Gasteiger partial charge in [-0.1, -0.05) is 5.16 Å². The van der Waals surface area contributed by atoms with E-state index in [0.29, 0.717) is 5.82 Å². The second kappa shape index (κ2) is 5.10. The molecule has 0 aliphatic heterocycles. The maximum absolute atomic E-state index is 12.2. The molecule has 9 nitrogen and oxygen atoms in total. The second-order valence-electron chi connectivity index (χ2n) is 4.69. The molecule has 0 aromatic carbocycles. The molecule has 9 heteroatoms. The Morgan fingerprint density at radius 2 is 2.18 bits per heavy atom. The first-order valence-electron chi connectivity index (χ1n) is 6.38. The van der Waals surface area contributed by atoms with Gasteiger partial charge in [-0.15, -0.1) is 0 Å². The molecule has 3 aromatic heterocycles. The normalized spacial score (nSPS) is 11.0. The Labute approximate surface area is 123 Å². The number of carbonyl (C=O) groups is 1. The Bertz CT molecular complexity index is 920. The predicted molar refractivity (Wildman–Crippen MR) is 72.1 cm³/mol. The Morgan fingerprint density at radius 3 is 2.86 bits per heavy atom. The highest BCUT2D eigenvalue weighted by molar-refractivity contribution is 6.03. The van der Waals surface area contributed by atoms with Crippen LogP contribution in [0.3, 0.4) is 0 Å². The standard InChI is InChI=1S/C13H12N4O5/c1-6-9(10-11(21-6)14-5-17(3)12(10)18)13(19)20-4-8-15-7(2)16-22-8/h5H,4H2,1-3H3. The first kappa shape index (κ1) is 14.0. The van der Waals surface area contributed by atoms with Crippen molar-refractivity contribution in [2.24, 2.45) is 7.05 Å². The first-order valence-corrected chi connectivity index (χ1v) is 6.38. The summed E-state index contributed by atoms with van der Waals surface area (Å²) in [6.07, 6.45) is 1.32. The summed E-state index contributed by atoms with van der Waals surface area (Å²) in [5, 5.41) is 3.68. The minimum atomic E-state index is -0.711. The molecule has 0 atom stereocenters. The lowest BCUT2D eigenvalue weighted by Gasteiger charge is -2.01. The largest absolute Gasteiger partial charge is 0.452 e. The summed E-state index contributed by atoms with van der Waals surface area (Å²) in [5.74, 6) is 0.158. The Balaban J connectivity index is 1.95. The monoisotopic (exact) mass is 304 g/mol. The van der Waals surface area contributed by atoms with Gasteiger partial charge >= 0.3 is 5.97 Å². The zero-order valence-electron chi connectivity index (χ0n) is 12.1. The van der Waals surface area contributed by atoms with E-state index in [9.17, 15) is 9.59 Å². The number of ether oxygens (including phenoxy) is 1. The number of aryl methyl sites for hydroxylation is 3. The zero-order chi connectivity index (χ0) is 15.9. The number of hydrogen-bond acceptors (Lipinski definition) is 8. The van der Waals surface area contributed by atoms with Crippen molar-refractivity contribution in [2.45, 2.75) is 20.5 Å². The SMILES string of the molecule is Cc1noc(COC(=O)c2c(C)oc3ncn(C)c(=O)c23)n1. The van der Waals surface area contributed by atoms with Gasteiger partial charge in [-0.2, -0.15) is 4.98 Å². The van der Waals surface area contributed by atoms with E-state index in [1.807, 2.05) is 0 Å². The van der Waals surface area contributed by atoms with Crippen molar-refractivity contribution in [3.8, 4) is 0 Å². The van der Waals surface area contributed by atoms with Crippen LogP contribution in [0.1, 0.15) is 27.8 Å². The Morgan fingerprint density at radius 1 is 1.41 bits per heavy atom. The molecular weight excluding hydrogens is 292 g/mol. The number of esters is 1. The maximum Gasteiger partial charge on any atom is 0.343 e. The summed E-state index contributed by atoms with van der Waals surface area (Å²) in [6, 6.07) is 0. The van der Waals surface area contributed by atoms with E-state index in [1.54, 1.807) is 13.8 Å². The van der Waals surface area contributed by atoms with Crippen LogP contribution in [0.25, 0.3) is 11.1 Å². The van der Waals surface area contributed by atoms with Crippen LogP contribution in [0, 0.1) is 13.8 Å². The average Bonchev–Trinajstić information content (AvgIpc) is 3.04. The van der Waals surface area contributed by atoms with Crippen molar-refractivity contribution < 1.29 is 18.5 Å². The molecule has 22 heavy (non-hydrogen) atoms. The Kier molecular flexibility index (Phi) is 3.24. The molecule has 0 unspecified atom stereocenters. The highest BCUT2D eigenvalue weighted by atomic mass is 16.6. The first-order chi connectivity index (χ1) is 10.5. The fourth-order valence-electron chi connectivity index (χ4n) is 2.03. The third kappa shape index (κ3) is 2.26. The van der Waals surface area contributed by atoms with Gasteiger partial charge in [0.05, 0.1) is 0 Å². The third-order valence-corrected chi connectivity index (χ3v) is 3.05. The van der Waals surface area contributed by atoms with E-state index < -0.39 is 5.97 Å². The van der Waals surface area contributed by atoms with Crippen molar-refractivity contribution in [3.63, 3.8) is 0 Å². The fourth-order valence-corrected chi connectivity index (χ4v) is 2.03. The molecule has 0 N–H and O–H groups in total. The van der Waals surface area contributed by atoms with Crippen molar-refractivity contribution in [2.75, 3.05) is 0 Å². The van der Waals surface area contributed by atoms with Crippen LogP contribution in [0.4, 0.5) is 0 Å². The Hall–Kier alpha value is -2.97. The molecular formula is C13H12N4O5. The molecule has 0 saturated heterocycles. The van der Waals surface area contributed by atoms with E-state index in [1.165, 1.54) is 17.9 Å². The quantitative estimate of drug-likeness (QED) is 0.655. The maximum atomic E-state index is 12.2. The lowest BCUT2D eigenvalue weighted by Crippen LogP contribution is -2.19. The second-order valence-corrected chi connectivity index (χ2v) is 4.69. The van der Waals surface area contributed by atoms with Gasteiger partial charge in [0.25, 0.3) is 11.4 Å². The molecule has 114 valence electrons. The van der Waals surface area contributed by atoms with Gasteiger partial charge in [0.15, 0.2) is 12.4 Å². The van der Waals surface area contributed by atoms with Crippen LogP contribution in [0.5, 0.6) is 0 Å². The van der Waals surface area contributed by atoms with Crippen LogP contribution in [-0.2, 0) is 18.4 Å². The fraction of sp³-hybridized carbons (Fsp3) is 0.308. The lowest BCUT2D eigenvalue weighted by molar-refractivity contribution is 0.0430. The van der Waals surface area contributed by atoms with Gasteiger partial charge in [0.2, 0.25) is 5.71 Å². The highest BCUT2D eigenvalue weighted by Gasteiger charge is 2.24. The van der Waals surface area contributed by atoms with Crippen LogP contribution in [0.15, 0.2) is 20.1 Å². The summed E-state index contributed by atoms with van der Waals surface area (Å²) < 4.78 is 16.5. The van der Waals surface area contributed by atoms with Crippen LogP contribution >= 0.6 is 0 Å². The molecule has 0 aliphatic rings. The molecule has 0 radical (unpaired) electrons. The summed E-state index contributed by atoms with van der Waals surface area (Å²) in [5.41, 5.74) is -0.233. The number of rotatable bonds is 3. The number of furan rings is 1. The molecule has 0 aliphatic carbocycles. The molecule has 0 amide bonds. The third-order valence-electron chi connectivity index (χ3n) is 3.05. The van der Waals surface area contributed by atoms with E-state index in [4.69, 9.17) is 13.7 Å². The number of fused-ring (bicyclic) bond motifs is 1. The van der Waals surface area contributed by atoms with Gasteiger partial charge in [0.1, 0.15) is 23.0 Å². The zero-order valence-corrected chi connectivity index (χ0v) is 12.1. The van der Waals surface area contributed by atoms with Gasteiger partial charge in [-0.25, -0.2) is 9.78 Å². The smallest absolute Gasteiger partial charge is 0.343 e. The summed E-state index contributed by atoms with van der Waals surface area (Å²) >= 11 is 0. The van der Waals surface area contributed by atoms with E-state index in [0.717, 1.165) is 0 Å². The number of aromatic nitrogens is 4. The van der Waals surface area contributed by atoms with Crippen molar-refractivity contribution >= 4 is 17.1 Å². The van der Waals surface area contributed by atoms with Gasteiger partial charge in [-0.3, -0.25) is 4.79 Å². The summed E-state index contributed by atoms with van der Waals surface area (Å²) in [4.78, 5) is 32.3. The van der Waals surface area contributed by atoms with Crippen LogP contribution < -0.4 is 5.56 Å². The molecule has 3 rings (SSSR count). The average molecular weight is 304 g/mol. The van der Waals surface area contributed by atoms with Crippen LogP contribution in [0.2, 0.25) is 0 Å². The van der Waals surface area contributed by atoms with Gasteiger partial charge in [0, 0.05) is 7.05 Å². The summed E-state index contributed by atoms with van der Waals surface area (Å²) in [7, 11) is 1.54. The van der Waals surface area contributed by atoms with Crippen molar-refractivity contribution in [1.29, 1.82) is 0 Å². The van der Waals surface area contributed by atoms with Crippen LogP contribution in [-0.4, -0.2) is 25.7 Å². The lowest BCUT2D eigenvalue weighted by atomic mass is 10.2. The minimum absolute atomic E-state index is 0.0555. The number of hydrogen-bond donors (Lipinski definition) is 0. The predicted octanol–water partition coefficient (Wildman–Crippen LogP) is 0.883. The van der Waals surface area contributed by atoms with E-state index in [2.05, 4.69) is 15.1 Å². The number of nitrogens with zero attached hydrogens (tertiary/aromatic N) is 4. The van der Waals surface area contributed by atoms with E-state index in [-0.39, 0.29) is 40.5 Å². The summed E-state index contributed by atoms with van der Waals surface area (Å²) in [6.45, 7) is 3.03. The van der Waals surface area contributed by atoms with Crippen molar-refractivity contribution in [1.82, 2.24) is 19.7 Å². The highest BCUT2D eigenvalue weighted by Crippen LogP contribution is 2.21. The van der Waals surface area contributed by atoms with Crippen molar-refractivity contribution in [3.05, 3.63) is 39.7 Å². The molecule has 3 heterocycles. The number of carbonyl (C=O) groups excluding carboxylic acids is 1. The molecule has 0 saturated carbocycles. The molecule has 3 aromatic rings.